The molecule has 1 N–H and O–H groups in total. The predicted octanol–water partition coefficient (Wildman–Crippen LogP) is 4.46. The Labute approximate surface area is 201 Å². The first-order chi connectivity index (χ1) is 16.1. The maximum Gasteiger partial charge on any atom is 0.227 e. The normalized spacial score (nSPS) is 14.6. The summed E-state index contributed by atoms with van der Waals surface area (Å²) in [5.41, 5.74) is 3.07. The molecule has 1 aliphatic rings. The number of aryl methyl sites for hydroxylation is 1. The predicted molar refractivity (Wildman–Crippen MR) is 139 cm³/mol. The third-order valence-electron chi connectivity index (χ3n) is 6.24. The van der Waals surface area contributed by atoms with Crippen LogP contribution in [0.1, 0.15) is 26.0 Å². The summed E-state index contributed by atoms with van der Waals surface area (Å²) in [6.45, 7) is 14.3. The Bertz CT molecular complexity index is 1060. The van der Waals surface area contributed by atoms with Gasteiger partial charge < -0.3 is 15.1 Å². The van der Waals surface area contributed by atoms with Crippen LogP contribution < -0.4 is 15.1 Å². The molecular weight excluding hydrogens is 434 g/mol. The summed E-state index contributed by atoms with van der Waals surface area (Å²) in [7, 11) is 0. The molecule has 0 aliphatic carbocycles. The molecule has 33 heavy (non-hydrogen) atoms. The Balaban J connectivity index is 1.26. The lowest BCUT2D eigenvalue weighted by Gasteiger charge is -2.36. The van der Waals surface area contributed by atoms with Crippen molar-refractivity contribution in [1.29, 1.82) is 0 Å². The van der Waals surface area contributed by atoms with Gasteiger partial charge in [-0.25, -0.2) is 4.98 Å². The molecule has 176 valence electrons. The fraction of sp³-hybridized carbons (Fsp3) is 0.480. The fourth-order valence-corrected chi connectivity index (χ4v) is 4.51. The van der Waals surface area contributed by atoms with Crippen LogP contribution in [0.4, 0.5) is 17.5 Å². The van der Waals surface area contributed by atoms with Crippen LogP contribution in [0.15, 0.2) is 36.5 Å². The van der Waals surface area contributed by atoms with Gasteiger partial charge in [0.2, 0.25) is 5.95 Å². The summed E-state index contributed by atoms with van der Waals surface area (Å²) >= 11 is 6.10. The highest BCUT2D eigenvalue weighted by Crippen LogP contribution is 2.24. The number of aromatic nitrogens is 3. The van der Waals surface area contributed by atoms with E-state index in [1.54, 1.807) is 0 Å². The third-order valence-corrected chi connectivity index (χ3v) is 6.48. The highest BCUT2D eigenvalue weighted by molar-refractivity contribution is 6.31. The molecular formula is C25H34ClN7. The highest BCUT2D eigenvalue weighted by atomic mass is 35.5. The Morgan fingerprint density at radius 3 is 2.58 bits per heavy atom. The fourth-order valence-electron chi connectivity index (χ4n) is 4.35. The van der Waals surface area contributed by atoms with Crippen molar-refractivity contribution < 1.29 is 0 Å². The van der Waals surface area contributed by atoms with Gasteiger partial charge in [0.25, 0.3) is 0 Å². The molecule has 0 bridgehead atoms. The molecule has 1 aliphatic heterocycles. The summed E-state index contributed by atoms with van der Waals surface area (Å²) in [6, 6.07) is 10.0. The van der Waals surface area contributed by atoms with Gasteiger partial charge in [-0.15, -0.1) is 0 Å². The van der Waals surface area contributed by atoms with Crippen LogP contribution in [0.3, 0.4) is 0 Å². The number of fused-ring (bicyclic) bond motifs is 1. The second-order valence-electron chi connectivity index (χ2n) is 8.47. The molecule has 0 unspecified atom stereocenters. The van der Waals surface area contributed by atoms with Gasteiger partial charge in [-0.3, -0.25) is 9.88 Å². The number of pyridine rings is 1. The number of halogens is 1. The van der Waals surface area contributed by atoms with E-state index < -0.39 is 0 Å². The van der Waals surface area contributed by atoms with Gasteiger partial charge in [-0.05, 0) is 58.0 Å². The SMILES string of the molecule is CCN(CC)c1nc(C)cc(N2CCN(CCCNc3ccnc4cc(Cl)ccc34)CC2)n1. The monoisotopic (exact) mass is 467 g/mol. The third kappa shape index (κ3) is 5.84. The molecule has 3 heterocycles. The van der Waals surface area contributed by atoms with Gasteiger partial charge in [-0.2, -0.15) is 4.98 Å². The molecule has 0 amide bonds. The first-order valence-corrected chi connectivity index (χ1v) is 12.3. The molecule has 7 nitrogen and oxygen atoms in total. The lowest BCUT2D eigenvalue weighted by Crippen LogP contribution is -2.47. The van der Waals surface area contributed by atoms with Crippen LogP contribution in [0.5, 0.6) is 0 Å². The van der Waals surface area contributed by atoms with E-state index >= 15 is 0 Å². The molecule has 0 atom stereocenters. The smallest absolute Gasteiger partial charge is 0.227 e. The zero-order valence-electron chi connectivity index (χ0n) is 19.9. The standard InChI is InChI=1S/C25H34ClN7/c1-4-32(5-2)25-29-19(3)17-24(30-25)33-15-13-31(14-16-33)12-6-10-27-22-9-11-28-23-18-20(26)7-8-21(22)23/h7-9,11,17-18H,4-6,10,12-16H2,1-3H3,(H,27,28). The summed E-state index contributed by atoms with van der Waals surface area (Å²) in [4.78, 5) is 21.1. The molecule has 0 radical (unpaired) electrons. The number of hydrogen-bond donors (Lipinski definition) is 1. The second kappa shape index (κ2) is 11.0. The molecule has 8 heteroatoms. The molecule has 2 aromatic heterocycles. The number of anilines is 3. The van der Waals surface area contributed by atoms with Crippen molar-refractivity contribution in [2.45, 2.75) is 27.2 Å². The van der Waals surface area contributed by atoms with Gasteiger partial charge in [0, 0.05) is 79.9 Å². The van der Waals surface area contributed by atoms with Gasteiger partial charge in [0.15, 0.2) is 0 Å². The van der Waals surface area contributed by atoms with E-state index in [0.717, 1.165) is 92.8 Å². The zero-order valence-corrected chi connectivity index (χ0v) is 20.6. The van der Waals surface area contributed by atoms with Gasteiger partial charge >= 0.3 is 0 Å². The van der Waals surface area contributed by atoms with Gasteiger partial charge in [0.1, 0.15) is 5.82 Å². The summed E-state index contributed by atoms with van der Waals surface area (Å²) < 4.78 is 0. The molecule has 1 saturated heterocycles. The average molecular weight is 468 g/mol. The molecule has 0 spiro atoms. The van der Waals surface area contributed by atoms with Crippen molar-refractivity contribution in [1.82, 2.24) is 19.9 Å². The van der Waals surface area contributed by atoms with Crippen molar-refractivity contribution in [3.05, 3.63) is 47.2 Å². The maximum absolute atomic E-state index is 6.10. The highest BCUT2D eigenvalue weighted by Gasteiger charge is 2.19. The average Bonchev–Trinajstić information content (AvgIpc) is 2.82. The van der Waals surface area contributed by atoms with Crippen molar-refractivity contribution in [2.24, 2.45) is 0 Å². The summed E-state index contributed by atoms with van der Waals surface area (Å²) in [6.07, 6.45) is 2.93. The minimum absolute atomic E-state index is 0.715. The van der Waals surface area contributed by atoms with E-state index in [-0.39, 0.29) is 0 Å². The van der Waals surface area contributed by atoms with Crippen LogP contribution >= 0.6 is 11.6 Å². The van der Waals surface area contributed by atoms with Crippen molar-refractivity contribution in [3.8, 4) is 0 Å². The van der Waals surface area contributed by atoms with Crippen LogP contribution in [0, 0.1) is 6.92 Å². The van der Waals surface area contributed by atoms with Crippen molar-refractivity contribution >= 4 is 40.0 Å². The number of hydrogen-bond acceptors (Lipinski definition) is 7. The maximum atomic E-state index is 6.10. The van der Waals surface area contributed by atoms with E-state index in [9.17, 15) is 0 Å². The topological polar surface area (TPSA) is 60.4 Å². The number of piperazine rings is 1. The summed E-state index contributed by atoms with van der Waals surface area (Å²) in [5.74, 6) is 1.89. The molecule has 1 aromatic carbocycles. The number of benzene rings is 1. The zero-order chi connectivity index (χ0) is 23.2. The molecule has 0 saturated carbocycles. The number of nitrogens with one attached hydrogen (secondary N) is 1. The number of nitrogens with zero attached hydrogens (tertiary/aromatic N) is 6. The van der Waals surface area contributed by atoms with E-state index in [0.29, 0.717) is 5.02 Å². The summed E-state index contributed by atoms with van der Waals surface area (Å²) in [5, 5.41) is 5.40. The van der Waals surface area contributed by atoms with Crippen LogP contribution in [-0.2, 0) is 0 Å². The van der Waals surface area contributed by atoms with Crippen LogP contribution in [0.25, 0.3) is 10.9 Å². The van der Waals surface area contributed by atoms with E-state index in [1.165, 1.54) is 0 Å². The lowest BCUT2D eigenvalue weighted by molar-refractivity contribution is 0.256. The minimum Gasteiger partial charge on any atom is -0.384 e. The van der Waals surface area contributed by atoms with Crippen LogP contribution in [0.2, 0.25) is 5.02 Å². The Morgan fingerprint density at radius 2 is 1.82 bits per heavy atom. The Kier molecular flexibility index (Phi) is 7.83. The van der Waals surface area contributed by atoms with Crippen molar-refractivity contribution in [3.63, 3.8) is 0 Å². The quantitative estimate of drug-likeness (QED) is 0.466. The lowest BCUT2D eigenvalue weighted by atomic mass is 10.2. The van der Waals surface area contributed by atoms with E-state index in [2.05, 4.69) is 56.8 Å². The van der Waals surface area contributed by atoms with Crippen LogP contribution in [-0.4, -0.2) is 72.2 Å². The van der Waals surface area contributed by atoms with Gasteiger partial charge in [0.05, 0.1) is 5.52 Å². The molecule has 4 rings (SSSR count). The Morgan fingerprint density at radius 1 is 1.03 bits per heavy atom. The Hall–Kier alpha value is -2.64. The van der Waals surface area contributed by atoms with E-state index in [1.807, 2.05) is 30.5 Å². The molecule has 3 aromatic rings. The first-order valence-electron chi connectivity index (χ1n) is 11.9. The second-order valence-corrected chi connectivity index (χ2v) is 8.91. The van der Waals surface area contributed by atoms with Gasteiger partial charge in [-0.1, -0.05) is 11.6 Å². The van der Waals surface area contributed by atoms with Crippen molar-refractivity contribution in [2.75, 3.05) is 67.5 Å². The largest absolute Gasteiger partial charge is 0.384 e. The molecule has 1 fully saturated rings. The van der Waals surface area contributed by atoms with E-state index in [4.69, 9.17) is 16.6 Å². The first kappa shape index (κ1) is 23.5. The minimum atomic E-state index is 0.715. The number of rotatable bonds is 9.